The molecule has 0 bridgehead atoms. The lowest BCUT2D eigenvalue weighted by atomic mass is 10.1. The SMILES string of the molecule is COc1ccc(-c2cn(C3CNC3)nn2)c(Cl)c1OC. The van der Waals surface area contributed by atoms with Crippen LogP contribution in [-0.2, 0) is 0 Å². The average Bonchev–Trinajstić information content (AvgIpc) is 2.85. The molecule has 0 unspecified atom stereocenters. The Morgan fingerprint density at radius 1 is 1.30 bits per heavy atom. The molecule has 1 aromatic carbocycles. The van der Waals surface area contributed by atoms with Crippen LogP contribution in [0.15, 0.2) is 18.3 Å². The lowest BCUT2D eigenvalue weighted by Gasteiger charge is -2.26. The summed E-state index contributed by atoms with van der Waals surface area (Å²) >= 11 is 6.37. The predicted octanol–water partition coefficient (Wildman–Crippen LogP) is 1.76. The molecular weight excluding hydrogens is 280 g/mol. The van der Waals surface area contributed by atoms with E-state index in [1.807, 2.05) is 23.0 Å². The first-order chi connectivity index (χ1) is 9.74. The number of nitrogens with zero attached hydrogens (tertiary/aromatic N) is 3. The molecule has 6 nitrogen and oxygen atoms in total. The number of hydrogen-bond donors (Lipinski definition) is 1. The molecule has 0 aliphatic carbocycles. The fourth-order valence-corrected chi connectivity index (χ4v) is 2.46. The maximum absolute atomic E-state index is 6.37. The molecule has 1 saturated heterocycles. The predicted molar refractivity (Wildman–Crippen MR) is 75.5 cm³/mol. The first-order valence-corrected chi connectivity index (χ1v) is 6.65. The third-order valence-electron chi connectivity index (χ3n) is 3.41. The molecule has 0 radical (unpaired) electrons. The van der Waals surface area contributed by atoms with Gasteiger partial charge in [0, 0.05) is 18.7 Å². The minimum absolute atomic E-state index is 0.371. The normalized spacial score (nSPS) is 14.9. The van der Waals surface area contributed by atoms with Gasteiger partial charge in [0.1, 0.15) is 5.69 Å². The second-order valence-electron chi connectivity index (χ2n) is 4.56. The van der Waals surface area contributed by atoms with E-state index in [0.717, 1.165) is 24.3 Å². The highest BCUT2D eigenvalue weighted by molar-refractivity contribution is 6.35. The Bertz CT molecular complexity index is 625. The van der Waals surface area contributed by atoms with Crippen molar-refractivity contribution in [2.75, 3.05) is 27.3 Å². The number of hydrogen-bond acceptors (Lipinski definition) is 5. The van der Waals surface area contributed by atoms with Crippen molar-refractivity contribution in [1.29, 1.82) is 0 Å². The van der Waals surface area contributed by atoms with E-state index >= 15 is 0 Å². The van der Waals surface area contributed by atoms with Crippen molar-refractivity contribution < 1.29 is 9.47 Å². The second kappa shape index (κ2) is 5.30. The largest absolute Gasteiger partial charge is 0.493 e. The van der Waals surface area contributed by atoms with Gasteiger partial charge in [-0.3, -0.25) is 0 Å². The van der Waals surface area contributed by atoms with Crippen molar-refractivity contribution in [3.8, 4) is 22.8 Å². The number of aromatic nitrogens is 3. The van der Waals surface area contributed by atoms with E-state index in [4.69, 9.17) is 21.1 Å². The van der Waals surface area contributed by atoms with Crippen molar-refractivity contribution in [2.45, 2.75) is 6.04 Å². The summed E-state index contributed by atoms with van der Waals surface area (Å²) in [6, 6.07) is 4.04. The first kappa shape index (κ1) is 13.2. The molecule has 1 aliphatic heterocycles. The molecule has 2 heterocycles. The average molecular weight is 295 g/mol. The number of halogens is 1. The van der Waals surface area contributed by atoms with Gasteiger partial charge < -0.3 is 14.8 Å². The van der Waals surface area contributed by atoms with Gasteiger partial charge in [-0.1, -0.05) is 16.8 Å². The van der Waals surface area contributed by atoms with Crippen LogP contribution in [0.3, 0.4) is 0 Å². The summed E-state index contributed by atoms with van der Waals surface area (Å²) in [5.41, 5.74) is 1.51. The number of nitrogens with one attached hydrogen (secondary N) is 1. The maximum Gasteiger partial charge on any atom is 0.180 e. The van der Waals surface area contributed by atoms with E-state index < -0.39 is 0 Å². The number of methoxy groups -OCH3 is 2. The summed E-state index contributed by atoms with van der Waals surface area (Å²) in [6.07, 6.45) is 1.90. The Morgan fingerprint density at radius 3 is 2.70 bits per heavy atom. The quantitative estimate of drug-likeness (QED) is 0.931. The van der Waals surface area contributed by atoms with Crippen LogP contribution in [0.4, 0.5) is 0 Å². The zero-order chi connectivity index (χ0) is 14.1. The monoisotopic (exact) mass is 294 g/mol. The first-order valence-electron chi connectivity index (χ1n) is 6.28. The molecule has 2 aromatic rings. The van der Waals surface area contributed by atoms with E-state index in [-0.39, 0.29) is 0 Å². The summed E-state index contributed by atoms with van der Waals surface area (Å²) in [6.45, 7) is 1.84. The van der Waals surface area contributed by atoms with E-state index in [2.05, 4.69) is 15.6 Å². The molecule has 0 amide bonds. The Balaban J connectivity index is 1.99. The Morgan fingerprint density at radius 2 is 2.10 bits per heavy atom. The van der Waals surface area contributed by atoms with Crippen LogP contribution in [0, 0.1) is 0 Å². The van der Waals surface area contributed by atoms with Crippen molar-refractivity contribution in [3.63, 3.8) is 0 Å². The van der Waals surface area contributed by atoms with Gasteiger partial charge in [-0.05, 0) is 12.1 Å². The summed E-state index contributed by atoms with van der Waals surface area (Å²) in [5.74, 6) is 1.10. The highest BCUT2D eigenvalue weighted by Crippen LogP contribution is 2.41. The van der Waals surface area contributed by atoms with Crippen molar-refractivity contribution in [3.05, 3.63) is 23.4 Å². The topological polar surface area (TPSA) is 61.2 Å². The van der Waals surface area contributed by atoms with Crippen LogP contribution in [0.5, 0.6) is 11.5 Å². The molecule has 0 saturated carbocycles. The van der Waals surface area contributed by atoms with Gasteiger partial charge in [0.25, 0.3) is 0 Å². The van der Waals surface area contributed by atoms with E-state index in [9.17, 15) is 0 Å². The van der Waals surface area contributed by atoms with E-state index in [1.54, 1.807) is 14.2 Å². The minimum atomic E-state index is 0.371. The van der Waals surface area contributed by atoms with Crippen LogP contribution in [-0.4, -0.2) is 42.3 Å². The Hall–Kier alpha value is -1.79. The fourth-order valence-electron chi connectivity index (χ4n) is 2.13. The zero-order valence-electron chi connectivity index (χ0n) is 11.3. The molecule has 7 heteroatoms. The van der Waals surface area contributed by atoms with E-state index in [1.165, 1.54) is 0 Å². The molecular formula is C13H15ClN4O2. The van der Waals surface area contributed by atoms with Crippen LogP contribution < -0.4 is 14.8 Å². The standard InChI is InChI=1S/C13H15ClN4O2/c1-19-11-4-3-9(12(14)13(11)20-2)10-7-18(17-16-10)8-5-15-6-8/h3-4,7-8,15H,5-6H2,1-2H3. The van der Waals surface area contributed by atoms with Gasteiger partial charge in [0.05, 0.1) is 31.5 Å². The third-order valence-corrected chi connectivity index (χ3v) is 3.78. The zero-order valence-corrected chi connectivity index (χ0v) is 12.0. The Kier molecular flexibility index (Phi) is 3.50. The molecule has 0 spiro atoms. The lowest BCUT2D eigenvalue weighted by Crippen LogP contribution is -2.43. The number of benzene rings is 1. The Labute approximate surface area is 121 Å². The highest BCUT2D eigenvalue weighted by atomic mass is 35.5. The number of rotatable bonds is 4. The number of ether oxygens (including phenoxy) is 2. The molecule has 1 N–H and O–H groups in total. The van der Waals surface area contributed by atoms with Gasteiger partial charge in [0.15, 0.2) is 11.5 Å². The maximum atomic E-state index is 6.37. The smallest absolute Gasteiger partial charge is 0.180 e. The summed E-state index contributed by atoms with van der Waals surface area (Å²) in [4.78, 5) is 0. The molecule has 106 valence electrons. The molecule has 0 atom stereocenters. The molecule has 3 rings (SSSR count). The molecule has 20 heavy (non-hydrogen) atoms. The van der Waals surface area contributed by atoms with Gasteiger partial charge in [-0.25, -0.2) is 4.68 Å². The molecule has 1 fully saturated rings. The van der Waals surface area contributed by atoms with Crippen LogP contribution >= 0.6 is 11.6 Å². The summed E-state index contributed by atoms with van der Waals surface area (Å²) in [7, 11) is 3.14. The van der Waals surface area contributed by atoms with Gasteiger partial charge in [-0.2, -0.15) is 0 Å². The summed E-state index contributed by atoms with van der Waals surface area (Å²) < 4.78 is 12.4. The van der Waals surface area contributed by atoms with Crippen molar-refractivity contribution in [1.82, 2.24) is 20.3 Å². The van der Waals surface area contributed by atoms with Crippen LogP contribution in [0.2, 0.25) is 5.02 Å². The summed E-state index contributed by atoms with van der Waals surface area (Å²) in [5, 5.41) is 12.0. The van der Waals surface area contributed by atoms with Gasteiger partial charge in [0.2, 0.25) is 0 Å². The van der Waals surface area contributed by atoms with Crippen LogP contribution in [0.1, 0.15) is 6.04 Å². The lowest BCUT2D eigenvalue weighted by molar-refractivity contribution is 0.313. The van der Waals surface area contributed by atoms with Gasteiger partial charge in [-0.15, -0.1) is 5.10 Å². The third kappa shape index (κ3) is 2.10. The van der Waals surface area contributed by atoms with Crippen molar-refractivity contribution >= 4 is 11.6 Å². The van der Waals surface area contributed by atoms with Crippen molar-refractivity contribution in [2.24, 2.45) is 0 Å². The van der Waals surface area contributed by atoms with E-state index in [0.29, 0.717) is 22.6 Å². The fraction of sp³-hybridized carbons (Fsp3) is 0.385. The molecule has 1 aromatic heterocycles. The van der Waals surface area contributed by atoms with Crippen LogP contribution in [0.25, 0.3) is 11.3 Å². The highest BCUT2D eigenvalue weighted by Gasteiger charge is 2.22. The minimum Gasteiger partial charge on any atom is -0.493 e. The van der Waals surface area contributed by atoms with Gasteiger partial charge >= 0.3 is 0 Å². The second-order valence-corrected chi connectivity index (χ2v) is 4.94. The molecule has 1 aliphatic rings.